The van der Waals surface area contributed by atoms with Gasteiger partial charge in [-0.1, -0.05) is 18.5 Å². The van der Waals surface area contributed by atoms with Gasteiger partial charge in [-0.3, -0.25) is 4.79 Å². The third-order valence-corrected chi connectivity index (χ3v) is 3.59. The molecule has 1 amide bonds. The highest BCUT2D eigenvalue weighted by atomic mass is 35.5. The minimum atomic E-state index is -1.14. The molecule has 0 aromatic heterocycles. The van der Waals surface area contributed by atoms with Gasteiger partial charge in [0.1, 0.15) is 11.2 Å². The van der Waals surface area contributed by atoms with Crippen molar-refractivity contribution in [2.45, 2.75) is 19.8 Å². The zero-order chi connectivity index (χ0) is 14.2. The van der Waals surface area contributed by atoms with Crippen molar-refractivity contribution in [2.75, 3.05) is 5.32 Å². The number of carbonyl (C=O) groups excluding carboxylic acids is 1. The van der Waals surface area contributed by atoms with E-state index >= 15 is 0 Å². The molecule has 6 heteroatoms. The molecule has 0 unspecified atom stereocenters. The molecule has 1 fully saturated rings. The largest absolute Gasteiger partial charge is 0.321 e. The molecule has 0 atom stereocenters. The molecule has 0 radical (unpaired) electrons. The Labute approximate surface area is 114 Å². The Morgan fingerprint density at radius 3 is 2.63 bits per heavy atom. The summed E-state index contributed by atoms with van der Waals surface area (Å²) in [6.45, 7) is 1.92. The maximum Gasteiger partial charge on any atom is 0.244 e. The van der Waals surface area contributed by atoms with Crippen LogP contribution >= 0.6 is 11.6 Å². The minimum absolute atomic E-state index is 0.230. The molecule has 1 N–H and O–H groups in total. The van der Waals surface area contributed by atoms with Gasteiger partial charge in [-0.25, -0.2) is 8.78 Å². The van der Waals surface area contributed by atoms with E-state index in [9.17, 15) is 13.6 Å². The lowest BCUT2D eigenvalue weighted by Gasteiger charge is -2.39. The third kappa shape index (κ3) is 2.41. The second-order valence-electron chi connectivity index (χ2n) is 4.91. The second-order valence-corrected chi connectivity index (χ2v) is 5.31. The van der Waals surface area contributed by atoms with E-state index in [2.05, 4.69) is 5.32 Å². The van der Waals surface area contributed by atoms with E-state index in [0.717, 1.165) is 6.07 Å². The zero-order valence-corrected chi connectivity index (χ0v) is 10.9. The second kappa shape index (κ2) is 4.78. The summed E-state index contributed by atoms with van der Waals surface area (Å²) in [7, 11) is 0. The Balaban J connectivity index is 2.23. The van der Waals surface area contributed by atoms with Gasteiger partial charge in [-0.2, -0.15) is 5.26 Å². The maximum absolute atomic E-state index is 13.5. The summed E-state index contributed by atoms with van der Waals surface area (Å²) in [6, 6.07) is 3.50. The van der Waals surface area contributed by atoms with Crippen LogP contribution in [0.5, 0.6) is 0 Å². The van der Waals surface area contributed by atoms with E-state index in [1.807, 2.05) is 13.0 Å². The van der Waals surface area contributed by atoms with Crippen LogP contribution in [0.3, 0.4) is 0 Å². The van der Waals surface area contributed by atoms with Gasteiger partial charge in [0.05, 0.1) is 16.8 Å². The first-order valence-electron chi connectivity index (χ1n) is 5.75. The van der Waals surface area contributed by atoms with E-state index in [0.29, 0.717) is 18.9 Å². The first-order chi connectivity index (χ1) is 8.88. The molecule has 3 nitrogen and oxygen atoms in total. The molecule has 1 aromatic rings. The zero-order valence-electron chi connectivity index (χ0n) is 10.1. The monoisotopic (exact) mass is 284 g/mol. The number of amides is 1. The summed E-state index contributed by atoms with van der Waals surface area (Å²) in [6.07, 6.45) is 0.853. The van der Waals surface area contributed by atoms with Gasteiger partial charge in [0, 0.05) is 6.07 Å². The average molecular weight is 285 g/mol. The first-order valence-corrected chi connectivity index (χ1v) is 6.13. The van der Waals surface area contributed by atoms with Gasteiger partial charge >= 0.3 is 0 Å². The first kappa shape index (κ1) is 13.8. The van der Waals surface area contributed by atoms with Crippen LogP contribution in [0, 0.1) is 34.3 Å². The Bertz CT molecular complexity index is 553. The van der Waals surface area contributed by atoms with Gasteiger partial charge in [-0.15, -0.1) is 0 Å². The van der Waals surface area contributed by atoms with Gasteiger partial charge in [0.15, 0.2) is 5.82 Å². The van der Waals surface area contributed by atoms with E-state index < -0.39 is 23.0 Å². The van der Waals surface area contributed by atoms with Gasteiger partial charge in [0.2, 0.25) is 5.91 Å². The predicted octanol–water partition coefficient (Wildman–Crippen LogP) is 3.50. The molecule has 1 aromatic carbocycles. The lowest BCUT2D eigenvalue weighted by molar-refractivity contribution is -0.128. The smallest absolute Gasteiger partial charge is 0.244 e. The molecular formula is C13H11ClF2N2O. The Hall–Kier alpha value is -1.67. The number of nitriles is 1. The number of carbonyl (C=O) groups is 1. The van der Waals surface area contributed by atoms with Crippen molar-refractivity contribution in [3.05, 3.63) is 28.8 Å². The topological polar surface area (TPSA) is 52.9 Å². The number of hydrogen-bond acceptors (Lipinski definition) is 2. The maximum atomic E-state index is 13.5. The van der Waals surface area contributed by atoms with Crippen molar-refractivity contribution >= 4 is 23.2 Å². The van der Waals surface area contributed by atoms with Crippen LogP contribution in [0.4, 0.5) is 14.5 Å². The minimum Gasteiger partial charge on any atom is -0.321 e. The third-order valence-electron chi connectivity index (χ3n) is 3.29. The van der Waals surface area contributed by atoms with Crippen LogP contribution < -0.4 is 5.32 Å². The van der Waals surface area contributed by atoms with Crippen LogP contribution in [0.25, 0.3) is 0 Å². The Morgan fingerprint density at radius 1 is 1.53 bits per heavy atom. The number of nitrogens with one attached hydrogen (secondary N) is 1. The Kier molecular flexibility index (Phi) is 3.46. The van der Waals surface area contributed by atoms with E-state index in [1.165, 1.54) is 0 Å². The van der Waals surface area contributed by atoms with Crippen LogP contribution in [-0.2, 0) is 4.79 Å². The summed E-state index contributed by atoms with van der Waals surface area (Å²) >= 11 is 5.68. The van der Waals surface area contributed by atoms with E-state index in [-0.39, 0.29) is 16.6 Å². The molecular weight excluding hydrogens is 274 g/mol. The van der Waals surface area contributed by atoms with Crippen LogP contribution in [0.1, 0.15) is 19.8 Å². The highest BCUT2D eigenvalue weighted by molar-refractivity contribution is 6.33. The molecule has 0 bridgehead atoms. The summed E-state index contributed by atoms with van der Waals surface area (Å²) in [5, 5.41) is 11.1. The number of rotatable bonds is 2. The Morgan fingerprint density at radius 2 is 2.16 bits per heavy atom. The summed E-state index contributed by atoms with van der Waals surface area (Å²) in [5.41, 5.74) is -1.42. The SMILES string of the molecule is CC1CC(C#N)(C(=O)Nc2c(F)cc(F)cc2Cl)C1. The molecule has 0 heterocycles. The highest BCUT2D eigenvalue weighted by Gasteiger charge is 2.49. The predicted molar refractivity (Wildman–Crippen MR) is 66.4 cm³/mol. The molecule has 2 rings (SSSR count). The number of halogens is 3. The van der Waals surface area contributed by atoms with Crippen LogP contribution in [-0.4, -0.2) is 5.91 Å². The molecule has 0 aliphatic heterocycles. The normalized spacial score (nSPS) is 25.3. The summed E-state index contributed by atoms with van der Waals surface area (Å²) in [5.74, 6) is -2.11. The molecule has 1 aliphatic rings. The fraction of sp³-hybridized carbons (Fsp3) is 0.385. The van der Waals surface area contributed by atoms with Crippen molar-refractivity contribution < 1.29 is 13.6 Å². The molecule has 19 heavy (non-hydrogen) atoms. The number of benzene rings is 1. The molecule has 100 valence electrons. The van der Waals surface area contributed by atoms with E-state index in [1.54, 1.807) is 0 Å². The fourth-order valence-corrected chi connectivity index (χ4v) is 2.59. The molecule has 1 aliphatic carbocycles. The van der Waals surface area contributed by atoms with Crippen molar-refractivity contribution in [1.82, 2.24) is 0 Å². The molecule has 0 saturated heterocycles. The molecule has 1 saturated carbocycles. The molecule has 0 spiro atoms. The lowest BCUT2D eigenvalue weighted by atomic mass is 9.63. The average Bonchev–Trinajstić information content (AvgIpc) is 2.29. The van der Waals surface area contributed by atoms with Crippen LogP contribution in [0.15, 0.2) is 12.1 Å². The standard InChI is InChI=1S/C13H11ClF2N2O/c1-7-4-13(5-7,6-17)12(19)18-11-9(14)2-8(15)3-10(11)16/h2-3,7H,4-5H2,1H3,(H,18,19). The lowest BCUT2D eigenvalue weighted by Crippen LogP contribution is -2.45. The van der Waals surface area contributed by atoms with Gasteiger partial charge in [-0.05, 0) is 24.8 Å². The number of hydrogen-bond donors (Lipinski definition) is 1. The fourth-order valence-electron chi connectivity index (χ4n) is 2.35. The number of nitrogens with zero attached hydrogens (tertiary/aromatic N) is 1. The van der Waals surface area contributed by atoms with Crippen molar-refractivity contribution in [2.24, 2.45) is 11.3 Å². The van der Waals surface area contributed by atoms with E-state index in [4.69, 9.17) is 16.9 Å². The highest BCUT2D eigenvalue weighted by Crippen LogP contribution is 2.46. The van der Waals surface area contributed by atoms with Crippen LogP contribution in [0.2, 0.25) is 5.02 Å². The van der Waals surface area contributed by atoms with Gasteiger partial charge < -0.3 is 5.32 Å². The van der Waals surface area contributed by atoms with Crippen molar-refractivity contribution in [1.29, 1.82) is 5.26 Å². The van der Waals surface area contributed by atoms with Crippen molar-refractivity contribution in [3.63, 3.8) is 0 Å². The quantitative estimate of drug-likeness (QED) is 0.904. The summed E-state index contributed by atoms with van der Waals surface area (Å²) in [4.78, 5) is 12.0. The number of anilines is 1. The van der Waals surface area contributed by atoms with Crippen molar-refractivity contribution in [3.8, 4) is 6.07 Å². The van der Waals surface area contributed by atoms with Gasteiger partial charge in [0.25, 0.3) is 0 Å². The summed E-state index contributed by atoms with van der Waals surface area (Å²) < 4.78 is 26.4.